The van der Waals surface area contributed by atoms with Crippen molar-refractivity contribution in [1.29, 1.82) is 0 Å². The molecule has 4 N–H and O–H groups in total. The Morgan fingerprint density at radius 2 is 2.06 bits per heavy atom. The lowest BCUT2D eigenvalue weighted by molar-refractivity contribution is 0.944. The summed E-state index contributed by atoms with van der Waals surface area (Å²) in [5.74, 6) is 0.390. The highest BCUT2D eigenvalue weighted by Crippen LogP contribution is 2.04. The van der Waals surface area contributed by atoms with Crippen molar-refractivity contribution in [2.45, 2.75) is 6.54 Å². The molecule has 0 bridgehead atoms. The van der Waals surface area contributed by atoms with Gasteiger partial charge in [-0.1, -0.05) is 18.2 Å². The average Bonchev–Trinajstić information content (AvgIpc) is 2.81. The monoisotopic (exact) mass is 343 g/mol. The summed E-state index contributed by atoms with van der Waals surface area (Å²) in [6.45, 7) is 0.492. The van der Waals surface area contributed by atoms with E-state index < -0.39 is 0 Å². The van der Waals surface area contributed by atoms with Crippen LogP contribution in [0.2, 0.25) is 0 Å². The Bertz CT molecular complexity index is 452. The first kappa shape index (κ1) is 13.5. The molecule has 1 heterocycles. The number of aromatic nitrogens is 2. The third kappa shape index (κ3) is 4.43. The van der Waals surface area contributed by atoms with Gasteiger partial charge in [-0.15, -0.1) is 24.0 Å². The SMILES string of the molecule is I.NC(=NCc1ccn[nH]1)Nc1ccccc1. The zero-order valence-electron chi connectivity index (χ0n) is 9.13. The van der Waals surface area contributed by atoms with Crippen LogP contribution in [0.15, 0.2) is 47.6 Å². The molecule has 6 heteroatoms. The number of H-pyrrole nitrogens is 1. The summed E-state index contributed by atoms with van der Waals surface area (Å²) in [7, 11) is 0. The minimum Gasteiger partial charge on any atom is -0.370 e. The molecule has 90 valence electrons. The Balaban J connectivity index is 0.00000144. The Morgan fingerprint density at radius 3 is 2.71 bits per heavy atom. The van der Waals surface area contributed by atoms with Gasteiger partial charge < -0.3 is 11.1 Å². The van der Waals surface area contributed by atoms with Crippen molar-refractivity contribution < 1.29 is 0 Å². The molecule has 2 aromatic rings. The van der Waals surface area contributed by atoms with Crippen molar-refractivity contribution in [3.8, 4) is 0 Å². The number of nitrogens with one attached hydrogen (secondary N) is 2. The molecule has 0 fully saturated rings. The van der Waals surface area contributed by atoms with E-state index in [4.69, 9.17) is 5.73 Å². The lowest BCUT2D eigenvalue weighted by Gasteiger charge is -2.04. The van der Waals surface area contributed by atoms with E-state index in [9.17, 15) is 0 Å². The first-order chi connectivity index (χ1) is 7.84. The molecule has 17 heavy (non-hydrogen) atoms. The molecule has 0 saturated carbocycles. The third-order valence-corrected chi connectivity index (χ3v) is 2.02. The van der Waals surface area contributed by atoms with Crippen LogP contribution in [0.4, 0.5) is 5.69 Å². The largest absolute Gasteiger partial charge is 0.370 e. The van der Waals surface area contributed by atoms with E-state index in [1.807, 2.05) is 36.4 Å². The second-order valence-electron chi connectivity index (χ2n) is 3.27. The van der Waals surface area contributed by atoms with Gasteiger partial charge in [0.2, 0.25) is 0 Å². The number of aliphatic imine (C=N–C) groups is 1. The van der Waals surface area contributed by atoms with Crippen LogP contribution >= 0.6 is 24.0 Å². The Labute approximate surface area is 117 Å². The summed E-state index contributed by atoms with van der Waals surface area (Å²) in [5.41, 5.74) is 7.58. The van der Waals surface area contributed by atoms with Gasteiger partial charge in [-0.25, -0.2) is 4.99 Å². The Hall–Kier alpha value is -1.57. The highest BCUT2D eigenvalue weighted by molar-refractivity contribution is 14.0. The fourth-order valence-corrected chi connectivity index (χ4v) is 1.25. The molecule has 0 aliphatic carbocycles. The van der Waals surface area contributed by atoms with Gasteiger partial charge in [0.1, 0.15) is 0 Å². The van der Waals surface area contributed by atoms with Gasteiger partial charge in [0.15, 0.2) is 5.96 Å². The van der Waals surface area contributed by atoms with Gasteiger partial charge in [0, 0.05) is 11.9 Å². The maximum absolute atomic E-state index is 5.73. The quantitative estimate of drug-likeness (QED) is 0.453. The van der Waals surface area contributed by atoms with Gasteiger partial charge in [0.05, 0.1) is 12.2 Å². The molecule has 2 rings (SSSR count). The zero-order valence-corrected chi connectivity index (χ0v) is 11.5. The number of benzene rings is 1. The number of aromatic amines is 1. The molecular weight excluding hydrogens is 329 g/mol. The van der Waals surface area contributed by atoms with Gasteiger partial charge in [-0.2, -0.15) is 5.10 Å². The maximum atomic E-state index is 5.73. The van der Waals surface area contributed by atoms with Crippen molar-refractivity contribution in [3.63, 3.8) is 0 Å². The number of rotatable bonds is 3. The highest BCUT2D eigenvalue weighted by Gasteiger charge is 1.94. The number of nitrogens with zero attached hydrogens (tertiary/aromatic N) is 2. The molecule has 0 amide bonds. The number of hydrogen-bond acceptors (Lipinski definition) is 2. The summed E-state index contributed by atoms with van der Waals surface area (Å²) in [4.78, 5) is 4.17. The molecule has 1 aromatic carbocycles. The Kier molecular flexibility index (Phi) is 5.47. The molecule has 0 aliphatic rings. The van der Waals surface area contributed by atoms with Crippen LogP contribution in [0.3, 0.4) is 0 Å². The lowest BCUT2D eigenvalue weighted by Crippen LogP contribution is -2.22. The van der Waals surface area contributed by atoms with Gasteiger partial charge in [-0.3, -0.25) is 5.10 Å². The summed E-state index contributed by atoms with van der Waals surface area (Å²) < 4.78 is 0. The predicted octanol–water partition coefficient (Wildman–Crippen LogP) is 1.95. The molecule has 0 unspecified atom stereocenters. The molecule has 0 spiro atoms. The van der Waals surface area contributed by atoms with Crippen LogP contribution in [-0.2, 0) is 6.54 Å². The van der Waals surface area contributed by atoms with Crippen LogP contribution in [0.25, 0.3) is 0 Å². The minimum atomic E-state index is 0. The second-order valence-corrected chi connectivity index (χ2v) is 3.27. The van der Waals surface area contributed by atoms with Crippen LogP contribution in [-0.4, -0.2) is 16.2 Å². The van der Waals surface area contributed by atoms with E-state index in [0.717, 1.165) is 11.4 Å². The van der Waals surface area contributed by atoms with E-state index >= 15 is 0 Å². The lowest BCUT2D eigenvalue weighted by atomic mass is 10.3. The van der Waals surface area contributed by atoms with Crippen LogP contribution in [0, 0.1) is 0 Å². The topological polar surface area (TPSA) is 79.1 Å². The number of hydrogen-bond donors (Lipinski definition) is 3. The smallest absolute Gasteiger partial charge is 0.193 e. The first-order valence-corrected chi connectivity index (χ1v) is 4.95. The molecule has 0 saturated heterocycles. The summed E-state index contributed by atoms with van der Waals surface area (Å²) >= 11 is 0. The first-order valence-electron chi connectivity index (χ1n) is 4.95. The third-order valence-electron chi connectivity index (χ3n) is 2.02. The van der Waals surface area contributed by atoms with Crippen molar-refractivity contribution in [1.82, 2.24) is 10.2 Å². The fourth-order valence-electron chi connectivity index (χ4n) is 1.25. The highest BCUT2D eigenvalue weighted by atomic mass is 127. The number of para-hydroxylation sites is 1. The van der Waals surface area contributed by atoms with Crippen LogP contribution < -0.4 is 11.1 Å². The summed E-state index contributed by atoms with van der Waals surface area (Å²) in [6, 6.07) is 11.5. The fraction of sp³-hybridized carbons (Fsp3) is 0.0909. The maximum Gasteiger partial charge on any atom is 0.193 e. The standard InChI is InChI=1S/C11H13N5.HI/c12-11(13-8-10-6-7-14-16-10)15-9-4-2-1-3-5-9;/h1-7H,8H2,(H,14,16)(H3,12,13,15);1H. The van der Waals surface area contributed by atoms with E-state index in [2.05, 4.69) is 20.5 Å². The van der Waals surface area contributed by atoms with Crippen molar-refractivity contribution in [2.75, 3.05) is 5.32 Å². The molecule has 0 radical (unpaired) electrons. The van der Waals surface area contributed by atoms with Crippen molar-refractivity contribution in [2.24, 2.45) is 10.7 Å². The van der Waals surface area contributed by atoms with Gasteiger partial charge >= 0.3 is 0 Å². The van der Waals surface area contributed by atoms with E-state index in [-0.39, 0.29) is 24.0 Å². The van der Waals surface area contributed by atoms with E-state index in [1.165, 1.54) is 0 Å². The van der Waals surface area contributed by atoms with Gasteiger partial charge in [-0.05, 0) is 18.2 Å². The van der Waals surface area contributed by atoms with E-state index in [0.29, 0.717) is 12.5 Å². The molecule has 1 aromatic heterocycles. The predicted molar refractivity (Wildman–Crippen MR) is 79.4 cm³/mol. The summed E-state index contributed by atoms with van der Waals surface area (Å²) in [6.07, 6.45) is 1.69. The number of guanidine groups is 1. The average molecular weight is 343 g/mol. The number of anilines is 1. The molecular formula is C11H14IN5. The Morgan fingerprint density at radius 1 is 1.29 bits per heavy atom. The minimum absolute atomic E-state index is 0. The van der Waals surface area contributed by atoms with Crippen LogP contribution in [0.5, 0.6) is 0 Å². The van der Waals surface area contributed by atoms with Crippen molar-refractivity contribution >= 4 is 35.6 Å². The number of halogens is 1. The summed E-state index contributed by atoms with van der Waals surface area (Å²) in [5, 5.41) is 9.64. The molecule has 0 atom stereocenters. The molecule has 0 aliphatic heterocycles. The van der Waals surface area contributed by atoms with Gasteiger partial charge in [0.25, 0.3) is 0 Å². The van der Waals surface area contributed by atoms with Crippen LogP contribution in [0.1, 0.15) is 5.69 Å². The normalized spacial score (nSPS) is 10.7. The molecule has 5 nitrogen and oxygen atoms in total. The number of nitrogens with two attached hydrogens (primary N) is 1. The zero-order chi connectivity index (χ0) is 11.2. The van der Waals surface area contributed by atoms with E-state index in [1.54, 1.807) is 6.20 Å². The van der Waals surface area contributed by atoms with Crippen molar-refractivity contribution in [3.05, 3.63) is 48.3 Å². The second kappa shape index (κ2) is 6.89.